The van der Waals surface area contributed by atoms with Crippen LogP contribution in [0.1, 0.15) is 23.9 Å². The molecule has 1 fully saturated rings. The van der Waals surface area contributed by atoms with Crippen LogP contribution in [0.15, 0.2) is 59.0 Å². The Morgan fingerprint density at radius 3 is 2.75 bits per heavy atom. The summed E-state index contributed by atoms with van der Waals surface area (Å²) in [6.45, 7) is 2.00. The number of aromatic nitrogens is 1. The normalized spacial score (nSPS) is 19.2. The van der Waals surface area contributed by atoms with Crippen LogP contribution < -0.4 is 5.32 Å². The molecule has 5 nitrogen and oxygen atoms in total. The highest BCUT2D eigenvalue weighted by Gasteiger charge is 2.27. The lowest BCUT2D eigenvalue weighted by atomic mass is 10.0. The van der Waals surface area contributed by atoms with E-state index in [1.54, 1.807) is 0 Å². The Morgan fingerprint density at radius 2 is 1.92 bits per heavy atom. The first-order chi connectivity index (χ1) is 11.8. The van der Waals surface area contributed by atoms with Crippen molar-refractivity contribution >= 4 is 17.0 Å². The summed E-state index contributed by atoms with van der Waals surface area (Å²) in [4.78, 5) is 18.9. The molecule has 5 heteroatoms. The SMILES string of the molecule is O=C1C[C@@H](c2ccccc2)N(Cc2nc3ccccc3o2)CCN1. The molecule has 3 aromatic rings. The molecule has 1 aliphatic heterocycles. The van der Waals surface area contributed by atoms with Crippen LogP contribution in [0.4, 0.5) is 0 Å². The van der Waals surface area contributed by atoms with Gasteiger partial charge in [0.25, 0.3) is 0 Å². The topological polar surface area (TPSA) is 58.4 Å². The third kappa shape index (κ3) is 3.03. The first-order valence-electron chi connectivity index (χ1n) is 8.20. The van der Waals surface area contributed by atoms with Crippen molar-refractivity contribution in [1.82, 2.24) is 15.2 Å². The molecule has 0 radical (unpaired) electrons. The molecule has 122 valence electrons. The average Bonchev–Trinajstić information content (AvgIpc) is 2.93. The van der Waals surface area contributed by atoms with Crippen molar-refractivity contribution in [2.45, 2.75) is 19.0 Å². The second-order valence-electron chi connectivity index (χ2n) is 6.03. The molecule has 0 bridgehead atoms. The number of para-hydroxylation sites is 2. The third-order valence-corrected chi connectivity index (χ3v) is 4.40. The summed E-state index contributed by atoms with van der Waals surface area (Å²) in [6.07, 6.45) is 0.449. The quantitative estimate of drug-likeness (QED) is 0.806. The number of nitrogens with one attached hydrogen (secondary N) is 1. The molecule has 1 atom stereocenters. The van der Waals surface area contributed by atoms with Gasteiger partial charge in [0, 0.05) is 25.6 Å². The smallest absolute Gasteiger partial charge is 0.221 e. The number of hydrogen-bond acceptors (Lipinski definition) is 4. The minimum absolute atomic E-state index is 0.0312. The predicted octanol–water partition coefficient (Wildman–Crippen LogP) is 2.89. The third-order valence-electron chi connectivity index (χ3n) is 4.40. The summed E-state index contributed by atoms with van der Waals surface area (Å²) in [5.41, 5.74) is 2.81. The number of carbonyl (C=O) groups excluding carboxylic acids is 1. The number of rotatable bonds is 3. The van der Waals surface area contributed by atoms with Crippen LogP contribution in [0, 0.1) is 0 Å². The minimum Gasteiger partial charge on any atom is -0.439 e. The molecule has 4 rings (SSSR count). The van der Waals surface area contributed by atoms with E-state index in [-0.39, 0.29) is 11.9 Å². The molecule has 2 heterocycles. The first kappa shape index (κ1) is 14.9. The highest BCUT2D eigenvalue weighted by atomic mass is 16.3. The van der Waals surface area contributed by atoms with Crippen LogP contribution in [-0.4, -0.2) is 28.9 Å². The Kier molecular flexibility index (Phi) is 4.01. The van der Waals surface area contributed by atoms with E-state index < -0.39 is 0 Å². The molecule has 1 amide bonds. The van der Waals surface area contributed by atoms with Gasteiger partial charge < -0.3 is 9.73 Å². The number of amides is 1. The molecule has 0 unspecified atom stereocenters. The van der Waals surface area contributed by atoms with Crippen molar-refractivity contribution in [3.8, 4) is 0 Å². The summed E-state index contributed by atoms with van der Waals surface area (Å²) < 4.78 is 5.86. The van der Waals surface area contributed by atoms with Gasteiger partial charge in [0.05, 0.1) is 6.54 Å². The van der Waals surface area contributed by atoms with Crippen molar-refractivity contribution < 1.29 is 9.21 Å². The lowest BCUT2D eigenvalue weighted by Crippen LogP contribution is -2.30. The van der Waals surface area contributed by atoms with Crippen LogP contribution in [0.2, 0.25) is 0 Å². The Hall–Kier alpha value is -2.66. The molecule has 1 aromatic heterocycles. The molecule has 24 heavy (non-hydrogen) atoms. The fraction of sp³-hybridized carbons (Fsp3) is 0.263. The van der Waals surface area contributed by atoms with Gasteiger partial charge in [-0.25, -0.2) is 4.98 Å². The van der Waals surface area contributed by atoms with Gasteiger partial charge >= 0.3 is 0 Å². The zero-order valence-corrected chi connectivity index (χ0v) is 13.3. The van der Waals surface area contributed by atoms with E-state index in [0.29, 0.717) is 25.4 Å². The Labute approximate surface area is 140 Å². The van der Waals surface area contributed by atoms with E-state index in [0.717, 1.165) is 23.2 Å². The van der Waals surface area contributed by atoms with Gasteiger partial charge in [-0.1, -0.05) is 42.5 Å². The molecule has 0 saturated carbocycles. The summed E-state index contributed by atoms with van der Waals surface area (Å²) in [6, 6.07) is 18.0. The fourth-order valence-corrected chi connectivity index (χ4v) is 3.23. The van der Waals surface area contributed by atoms with Crippen molar-refractivity contribution in [1.29, 1.82) is 0 Å². The van der Waals surface area contributed by atoms with Crippen LogP contribution in [0.5, 0.6) is 0 Å². The molecule has 1 saturated heterocycles. The zero-order chi connectivity index (χ0) is 16.4. The van der Waals surface area contributed by atoms with E-state index in [4.69, 9.17) is 4.42 Å². The molecule has 0 aliphatic carbocycles. The van der Waals surface area contributed by atoms with Crippen molar-refractivity contribution in [3.63, 3.8) is 0 Å². The van der Waals surface area contributed by atoms with Gasteiger partial charge in [0.2, 0.25) is 11.8 Å². The molecule has 2 aromatic carbocycles. The van der Waals surface area contributed by atoms with Crippen LogP contribution in [0.25, 0.3) is 11.1 Å². The molecule has 1 N–H and O–H groups in total. The highest BCUT2D eigenvalue weighted by molar-refractivity contribution is 5.77. The van der Waals surface area contributed by atoms with E-state index in [9.17, 15) is 4.79 Å². The van der Waals surface area contributed by atoms with Crippen molar-refractivity contribution in [2.24, 2.45) is 0 Å². The van der Waals surface area contributed by atoms with E-state index in [1.165, 1.54) is 0 Å². The maximum absolute atomic E-state index is 12.0. The van der Waals surface area contributed by atoms with Crippen LogP contribution in [0.3, 0.4) is 0 Å². The lowest BCUT2D eigenvalue weighted by Gasteiger charge is -2.28. The van der Waals surface area contributed by atoms with Crippen molar-refractivity contribution in [2.75, 3.05) is 13.1 Å². The average molecular weight is 321 g/mol. The fourth-order valence-electron chi connectivity index (χ4n) is 3.23. The summed E-state index contributed by atoms with van der Waals surface area (Å²) in [7, 11) is 0. The zero-order valence-electron chi connectivity index (χ0n) is 13.3. The number of fused-ring (bicyclic) bond motifs is 1. The van der Waals surface area contributed by atoms with Gasteiger partial charge in [-0.15, -0.1) is 0 Å². The lowest BCUT2D eigenvalue weighted by molar-refractivity contribution is -0.121. The predicted molar refractivity (Wildman–Crippen MR) is 91.2 cm³/mol. The van der Waals surface area contributed by atoms with Gasteiger partial charge in [-0.2, -0.15) is 0 Å². The standard InChI is InChI=1S/C19H19N3O2/c23-18-12-16(14-6-2-1-3-7-14)22(11-10-20-18)13-19-21-15-8-4-5-9-17(15)24-19/h1-9,16H,10-13H2,(H,20,23)/t16-/m0/s1. The van der Waals surface area contributed by atoms with E-state index in [1.807, 2.05) is 42.5 Å². The Balaban J connectivity index is 1.63. The van der Waals surface area contributed by atoms with Crippen LogP contribution >= 0.6 is 0 Å². The Morgan fingerprint density at radius 1 is 1.12 bits per heavy atom. The number of nitrogens with zero attached hydrogens (tertiary/aromatic N) is 2. The van der Waals surface area contributed by atoms with E-state index >= 15 is 0 Å². The summed E-state index contributed by atoms with van der Waals surface area (Å²) >= 11 is 0. The van der Waals surface area contributed by atoms with Gasteiger partial charge in [0.1, 0.15) is 5.52 Å². The van der Waals surface area contributed by atoms with Crippen molar-refractivity contribution in [3.05, 3.63) is 66.1 Å². The van der Waals surface area contributed by atoms with E-state index in [2.05, 4.69) is 27.3 Å². The Bertz CT molecular complexity index is 811. The number of carbonyl (C=O) groups is 1. The largest absolute Gasteiger partial charge is 0.439 e. The second-order valence-corrected chi connectivity index (χ2v) is 6.03. The second kappa shape index (κ2) is 6.45. The van der Waals surface area contributed by atoms with Gasteiger partial charge in [0.15, 0.2) is 5.58 Å². The molecular formula is C19H19N3O2. The maximum Gasteiger partial charge on any atom is 0.221 e. The summed E-state index contributed by atoms with van der Waals surface area (Å²) in [5.74, 6) is 0.774. The first-order valence-corrected chi connectivity index (χ1v) is 8.20. The molecular weight excluding hydrogens is 302 g/mol. The summed E-state index contributed by atoms with van der Waals surface area (Å²) in [5, 5.41) is 2.95. The van der Waals surface area contributed by atoms with Gasteiger partial charge in [-0.3, -0.25) is 9.69 Å². The number of benzene rings is 2. The monoisotopic (exact) mass is 321 g/mol. The maximum atomic E-state index is 12.0. The molecule has 1 aliphatic rings. The number of oxazole rings is 1. The van der Waals surface area contributed by atoms with Gasteiger partial charge in [-0.05, 0) is 17.7 Å². The number of hydrogen-bond donors (Lipinski definition) is 1. The van der Waals surface area contributed by atoms with Crippen LogP contribution in [-0.2, 0) is 11.3 Å². The molecule has 0 spiro atoms. The minimum atomic E-state index is 0.0312. The highest BCUT2D eigenvalue weighted by Crippen LogP contribution is 2.27.